The molecule has 0 saturated carbocycles. The van der Waals surface area contributed by atoms with E-state index in [2.05, 4.69) is 20.9 Å². The van der Waals surface area contributed by atoms with E-state index in [1.807, 2.05) is 13.0 Å². The molecule has 1 aromatic carbocycles. The van der Waals surface area contributed by atoms with E-state index in [1.165, 1.54) is 0 Å². The Hall–Kier alpha value is -2.18. The maximum atomic E-state index is 11.9. The molecule has 8 heteroatoms. The Balaban J connectivity index is 1.82. The number of benzene rings is 1. The number of hydrogen-bond donors (Lipinski definition) is 3. The molecule has 0 aliphatic heterocycles. The second kappa shape index (κ2) is 9.34. The highest BCUT2D eigenvalue weighted by atomic mass is 35.5. The molecule has 2 aromatic rings. The third-order valence-corrected chi connectivity index (χ3v) is 4.02. The van der Waals surface area contributed by atoms with Crippen LogP contribution in [0.1, 0.15) is 24.3 Å². The number of nitrogens with zero attached hydrogens (tertiary/aromatic N) is 1. The van der Waals surface area contributed by atoms with Crippen LogP contribution in [0.2, 0.25) is 10.0 Å². The van der Waals surface area contributed by atoms with Crippen LogP contribution in [0.15, 0.2) is 46.0 Å². The highest BCUT2D eigenvalue weighted by molar-refractivity contribution is 6.35. The normalized spacial score (nSPS) is 12.6. The summed E-state index contributed by atoms with van der Waals surface area (Å²) in [5.41, 5.74) is 0.885. The van der Waals surface area contributed by atoms with E-state index < -0.39 is 0 Å². The quantitative estimate of drug-likeness (QED) is 0.529. The lowest BCUT2D eigenvalue weighted by Gasteiger charge is -2.19. The van der Waals surface area contributed by atoms with Crippen molar-refractivity contribution < 1.29 is 9.21 Å². The lowest BCUT2D eigenvalue weighted by Crippen LogP contribution is -2.43. The minimum absolute atomic E-state index is 0.0848. The van der Waals surface area contributed by atoms with Crippen LogP contribution in [0.25, 0.3) is 0 Å². The van der Waals surface area contributed by atoms with Gasteiger partial charge in [-0.25, -0.2) is 0 Å². The van der Waals surface area contributed by atoms with Crippen molar-refractivity contribution in [3.63, 3.8) is 0 Å². The Bertz CT molecular complexity index is 732. The van der Waals surface area contributed by atoms with Gasteiger partial charge < -0.3 is 20.4 Å². The summed E-state index contributed by atoms with van der Waals surface area (Å²) in [6, 6.07) is 8.78. The summed E-state index contributed by atoms with van der Waals surface area (Å²) in [7, 11) is 1.63. The van der Waals surface area contributed by atoms with Gasteiger partial charge in [0.2, 0.25) is 5.91 Å². The summed E-state index contributed by atoms with van der Waals surface area (Å²) in [6.45, 7) is 2.37. The van der Waals surface area contributed by atoms with Crippen LogP contribution in [0.5, 0.6) is 0 Å². The average molecular weight is 383 g/mol. The van der Waals surface area contributed by atoms with Crippen LogP contribution in [-0.2, 0) is 11.3 Å². The second-order valence-electron chi connectivity index (χ2n) is 5.31. The molecular weight excluding hydrogens is 363 g/mol. The fourth-order valence-corrected chi connectivity index (χ4v) is 2.73. The van der Waals surface area contributed by atoms with Gasteiger partial charge in [-0.05, 0) is 36.8 Å². The van der Waals surface area contributed by atoms with Gasteiger partial charge in [-0.2, -0.15) is 0 Å². The Labute approximate surface area is 156 Å². The van der Waals surface area contributed by atoms with E-state index in [0.717, 1.165) is 5.56 Å². The Morgan fingerprint density at radius 3 is 2.72 bits per heavy atom. The van der Waals surface area contributed by atoms with Gasteiger partial charge in [0, 0.05) is 17.1 Å². The molecular formula is C17H20Cl2N4O2. The predicted molar refractivity (Wildman–Crippen MR) is 99.9 cm³/mol. The number of aliphatic imine (C=N–C) groups is 1. The molecule has 0 bridgehead atoms. The number of halogens is 2. The first-order valence-corrected chi connectivity index (χ1v) is 8.46. The summed E-state index contributed by atoms with van der Waals surface area (Å²) in [6.07, 6.45) is 1.56. The number of guanidine groups is 1. The van der Waals surface area contributed by atoms with E-state index in [-0.39, 0.29) is 18.5 Å². The zero-order valence-corrected chi connectivity index (χ0v) is 15.5. The van der Waals surface area contributed by atoms with Gasteiger partial charge in [0.25, 0.3) is 0 Å². The van der Waals surface area contributed by atoms with Gasteiger partial charge in [-0.15, -0.1) is 0 Å². The van der Waals surface area contributed by atoms with Crippen LogP contribution in [-0.4, -0.2) is 25.5 Å². The first-order chi connectivity index (χ1) is 12.0. The summed E-state index contributed by atoms with van der Waals surface area (Å²) in [5.74, 6) is 1.02. The van der Waals surface area contributed by atoms with Crippen LogP contribution in [0.4, 0.5) is 0 Å². The van der Waals surface area contributed by atoms with Crippen LogP contribution in [0, 0.1) is 0 Å². The second-order valence-corrected chi connectivity index (χ2v) is 6.16. The van der Waals surface area contributed by atoms with Gasteiger partial charge in [-0.1, -0.05) is 29.3 Å². The number of carbonyl (C=O) groups excluding carboxylic acids is 1. The maximum Gasteiger partial charge on any atom is 0.239 e. The van der Waals surface area contributed by atoms with Crippen molar-refractivity contribution in [2.75, 3.05) is 13.6 Å². The fourth-order valence-electron chi connectivity index (χ4n) is 2.16. The van der Waals surface area contributed by atoms with E-state index in [1.54, 1.807) is 37.6 Å². The third-order valence-electron chi connectivity index (χ3n) is 3.46. The van der Waals surface area contributed by atoms with Crippen molar-refractivity contribution in [2.24, 2.45) is 4.99 Å². The predicted octanol–water partition coefficient (Wildman–Crippen LogP) is 3.13. The molecule has 3 N–H and O–H groups in total. The van der Waals surface area contributed by atoms with Crippen LogP contribution >= 0.6 is 23.2 Å². The molecule has 1 aromatic heterocycles. The van der Waals surface area contributed by atoms with E-state index in [0.29, 0.717) is 28.3 Å². The van der Waals surface area contributed by atoms with E-state index in [9.17, 15) is 4.79 Å². The van der Waals surface area contributed by atoms with Gasteiger partial charge in [0.1, 0.15) is 5.76 Å². The molecule has 1 atom stereocenters. The van der Waals surface area contributed by atoms with E-state index in [4.69, 9.17) is 27.6 Å². The molecule has 25 heavy (non-hydrogen) atoms. The van der Waals surface area contributed by atoms with Crippen molar-refractivity contribution in [3.05, 3.63) is 58.0 Å². The summed E-state index contributed by atoms with van der Waals surface area (Å²) in [5, 5.41) is 10.0. The minimum atomic E-state index is -0.170. The van der Waals surface area contributed by atoms with Crippen molar-refractivity contribution in [2.45, 2.75) is 19.5 Å². The zero-order chi connectivity index (χ0) is 18.2. The van der Waals surface area contributed by atoms with Crippen molar-refractivity contribution in [1.82, 2.24) is 16.0 Å². The molecule has 0 aliphatic rings. The zero-order valence-electron chi connectivity index (χ0n) is 14.0. The van der Waals surface area contributed by atoms with Crippen LogP contribution in [0.3, 0.4) is 0 Å². The fraction of sp³-hybridized carbons (Fsp3) is 0.294. The Morgan fingerprint density at radius 2 is 2.08 bits per heavy atom. The summed E-state index contributed by atoms with van der Waals surface area (Å²) >= 11 is 12.1. The van der Waals surface area contributed by atoms with Gasteiger partial charge in [0.15, 0.2) is 5.96 Å². The van der Waals surface area contributed by atoms with Crippen LogP contribution < -0.4 is 16.0 Å². The average Bonchev–Trinajstić information content (AvgIpc) is 3.10. The molecule has 0 fully saturated rings. The molecule has 1 unspecified atom stereocenters. The molecule has 1 amide bonds. The Morgan fingerprint density at radius 1 is 1.28 bits per heavy atom. The molecule has 2 rings (SSSR count). The SMILES string of the molecule is CN=C(NCC(=O)NCc1ccco1)NC(C)c1ccc(Cl)cc1Cl. The standard InChI is InChI=1S/C17H20Cl2N4O2/c1-11(14-6-5-12(18)8-15(14)19)23-17(20-2)22-10-16(24)21-9-13-4-3-7-25-13/h3-8,11H,9-10H2,1-2H3,(H,21,24)(H2,20,22,23). The molecule has 0 saturated heterocycles. The lowest BCUT2D eigenvalue weighted by molar-refractivity contribution is -0.120. The molecule has 0 radical (unpaired) electrons. The molecule has 0 spiro atoms. The smallest absolute Gasteiger partial charge is 0.239 e. The van der Waals surface area contributed by atoms with Gasteiger partial charge in [0.05, 0.1) is 25.4 Å². The third kappa shape index (κ3) is 5.99. The largest absolute Gasteiger partial charge is 0.467 e. The van der Waals surface area contributed by atoms with Crippen molar-refractivity contribution in [3.8, 4) is 0 Å². The highest BCUT2D eigenvalue weighted by Gasteiger charge is 2.12. The van der Waals surface area contributed by atoms with Crippen molar-refractivity contribution in [1.29, 1.82) is 0 Å². The van der Waals surface area contributed by atoms with Gasteiger partial charge >= 0.3 is 0 Å². The van der Waals surface area contributed by atoms with Crippen molar-refractivity contribution >= 4 is 35.1 Å². The first-order valence-electron chi connectivity index (χ1n) is 7.71. The monoisotopic (exact) mass is 382 g/mol. The number of furan rings is 1. The number of nitrogens with one attached hydrogen (secondary N) is 3. The maximum absolute atomic E-state index is 11.9. The number of rotatable bonds is 6. The minimum Gasteiger partial charge on any atom is -0.467 e. The topological polar surface area (TPSA) is 78.7 Å². The van der Waals surface area contributed by atoms with Gasteiger partial charge in [-0.3, -0.25) is 9.79 Å². The molecule has 6 nitrogen and oxygen atoms in total. The molecule has 1 heterocycles. The number of carbonyl (C=O) groups is 1. The summed E-state index contributed by atoms with van der Waals surface area (Å²) < 4.78 is 5.16. The lowest BCUT2D eigenvalue weighted by atomic mass is 10.1. The van der Waals surface area contributed by atoms with E-state index >= 15 is 0 Å². The summed E-state index contributed by atoms with van der Waals surface area (Å²) in [4.78, 5) is 16.0. The molecule has 0 aliphatic carbocycles. The molecule has 134 valence electrons. The number of amides is 1. The highest BCUT2D eigenvalue weighted by Crippen LogP contribution is 2.25. The number of hydrogen-bond acceptors (Lipinski definition) is 3. The first kappa shape index (κ1) is 19.1. The Kier molecular flexibility index (Phi) is 7.16.